The average molecular weight is 560 g/mol. The van der Waals surface area contributed by atoms with E-state index >= 15 is 0 Å². The fourth-order valence-electron chi connectivity index (χ4n) is 4.34. The zero-order valence-corrected chi connectivity index (χ0v) is 24.2. The number of ketones is 5. The lowest BCUT2D eigenvalue weighted by atomic mass is 9.72. The molecule has 13 heteroatoms. The van der Waals surface area contributed by atoms with Gasteiger partial charge in [-0.25, -0.2) is 4.79 Å². The normalized spacial score (nSPS) is 19.5. The van der Waals surface area contributed by atoms with E-state index in [9.17, 15) is 49.2 Å². The molecule has 0 rings (SSSR count). The molecule has 0 radical (unpaired) electrons. The summed E-state index contributed by atoms with van der Waals surface area (Å²) in [5, 5.41) is 50.8. The number of carbonyl (C=O) groups is 6. The fourth-order valence-corrected chi connectivity index (χ4v) is 4.34. The van der Waals surface area contributed by atoms with Crippen molar-refractivity contribution in [3.05, 3.63) is 0 Å². The van der Waals surface area contributed by atoms with Gasteiger partial charge in [0.2, 0.25) is 11.4 Å². The monoisotopic (exact) mass is 559 g/mol. The summed E-state index contributed by atoms with van der Waals surface area (Å²) >= 11 is 0. The highest BCUT2D eigenvalue weighted by atomic mass is 16.4. The second kappa shape index (κ2) is 14.3. The van der Waals surface area contributed by atoms with Gasteiger partial charge in [0.25, 0.3) is 0 Å². The van der Waals surface area contributed by atoms with Gasteiger partial charge >= 0.3 is 5.97 Å². The molecule has 7 N–H and O–H groups in total. The molecule has 0 aliphatic rings. The second-order valence-corrected chi connectivity index (χ2v) is 10.6. The first-order valence-electron chi connectivity index (χ1n) is 12.9. The van der Waals surface area contributed by atoms with Crippen LogP contribution in [0.2, 0.25) is 0 Å². The standard InChI is InChI=1S/C26H45N3O10/c1-10-14(4)19(29-9)16(30)11-26(39,23(35)36)22(34)25(38,20(32)15(5)27-7)12-17(31)24(6,37)21(33)18(28-8)13(2)3/h13-15,18-19,27-29,37-39H,10-12H2,1-9H3,(H,35,36)/t14?,15-,18+,19+,24?,25?,26?/m1/s1. The Morgan fingerprint density at radius 2 is 1.23 bits per heavy atom. The lowest BCUT2D eigenvalue weighted by molar-refractivity contribution is -0.181. The number of carbonyl (C=O) groups excluding carboxylic acids is 5. The Morgan fingerprint density at radius 3 is 1.59 bits per heavy atom. The first-order chi connectivity index (χ1) is 17.7. The molecular weight excluding hydrogens is 514 g/mol. The summed E-state index contributed by atoms with van der Waals surface area (Å²) in [6.45, 7) is 8.76. The van der Waals surface area contributed by atoms with E-state index in [-0.39, 0.29) is 11.8 Å². The van der Waals surface area contributed by atoms with Crippen molar-refractivity contribution in [1.29, 1.82) is 0 Å². The average Bonchev–Trinajstić information content (AvgIpc) is 2.86. The molecule has 0 aromatic carbocycles. The molecule has 0 amide bonds. The third-order valence-corrected chi connectivity index (χ3v) is 7.34. The van der Waals surface area contributed by atoms with Gasteiger partial charge in [-0.15, -0.1) is 0 Å². The smallest absolute Gasteiger partial charge is 0.344 e. The van der Waals surface area contributed by atoms with Crippen molar-refractivity contribution >= 4 is 34.9 Å². The molecule has 7 atom stereocenters. The van der Waals surface area contributed by atoms with Crippen LogP contribution in [-0.4, -0.2) is 111 Å². The molecule has 224 valence electrons. The summed E-state index contributed by atoms with van der Waals surface area (Å²) in [5.41, 5.74) is -9.94. The molecule has 0 aliphatic carbocycles. The molecule has 0 spiro atoms. The highest BCUT2D eigenvalue weighted by Crippen LogP contribution is 2.30. The quantitative estimate of drug-likeness (QED) is 0.0887. The first kappa shape index (κ1) is 36.6. The molecular formula is C26H45N3O10. The number of rotatable bonds is 19. The minimum Gasteiger partial charge on any atom is -0.479 e. The van der Waals surface area contributed by atoms with E-state index in [2.05, 4.69) is 16.0 Å². The zero-order chi connectivity index (χ0) is 31.1. The first-order valence-corrected chi connectivity index (χ1v) is 12.9. The van der Waals surface area contributed by atoms with Crippen LogP contribution < -0.4 is 16.0 Å². The van der Waals surface area contributed by atoms with Crippen molar-refractivity contribution in [3.63, 3.8) is 0 Å². The number of aliphatic carboxylic acids is 1. The van der Waals surface area contributed by atoms with Gasteiger partial charge in [0.05, 0.1) is 31.0 Å². The summed E-state index contributed by atoms with van der Waals surface area (Å²) in [4.78, 5) is 78.1. The molecule has 0 aliphatic heterocycles. The molecule has 0 saturated carbocycles. The molecule has 0 fully saturated rings. The molecule has 0 aromatic heterocycles. The summed E-state index contributed by atoms with van der Waals surface area (Å²) in [6, 6.07) is -3.33. The molecule has 4 unspecified atom stereocenters. The van der Waals surface area contributed by atoms with Gasteiger partial charge < -0.3 is 36.4 Å². The van der Waals surface area contributed by atoms with E-state index in [1.807, 2.05) is 0 Å². The van der Waals surface area contributed by atoms with Gasteiger partial charge in [0, 0.05) is 0 Å². The lowest BCUT2D eigenvalue weighted by Gasteiger charge is -2.36. The Labute approximate surface area is 229 Å². The predicted octanol–water partition coefficient (Wildman–Crippen LogP) is -1.60. The molecule has 13 nitrogen and oxygen atoms in total. The van der Waals surface area contributed by atoms with Crippen LogP contribution in [0.15, 0.2) is 0 Å². The Balaban J connectivity index is 6.78. The third-order valence-electron chi connectivity index (χ3n) is 7.34. The lowest BCUT2D eigenvalue weighted by Crippen LogP contribution is -2.66. The molecule has 0 saturated heterocycles. The number of hydrogen-bond donors (Lipinski definition) is 7. The molecule has 39 heavy (non-hydrogen) atoms. The van der Waals surface area contributed by atoms with Crippen molar-refractivity contribution in [2.75, 3.05) is 21.1 Å². The Kier molecular flexibility index (Phi) is 13.4. The van der Waals surface area contributed by atoms with E-state index in [0.717, 1.165) is 6.92 Å². The van der Waals surface area contributed by atoms with Gasteiger partial charge in [0.1, 0.15) is 0 Å². The van der Waals surface area contributed by atoms with E-state index in [0.29, 0.717) is 6.42 Å². The van der Waals surface area contributed by atoms with Crippen LogP contribution in [-0.2, 0) is 28.8 Å². The second-order valence-electron chi connectivity index (χ2n) is 10.6. The van der Waals surface area contributed by atoms with E-state index in [1.165, 1.54) is 28.1 Å². The van der Waals surface area contributed by atoms with Crippen molar-refractivity contribution in [2.24, 2.45) is 11.8 Å². The van der Waals surface area contributed by atoms with E-state index in [1.54, 1.807) is 27.7 Å². The predicted molar refractivity (Wildman–Crippen MR) is 141 cm³/mol. The summed E-state index contributed by atoms with van der Waals surface area (Å²) in [7, 11) is 4.13. The maximum atomic E-state index is 13.6. The Hall–Kier alpha value is -2.42. The zero-order valence-electron chi connectivity index (χ0n) is 24.2. The largest absolute Gasteiger partial charge is 0.479 e. The minimum atomic E-state index is -3.61. The van der Waals surface area contributed by atoms with E-state index < -0.39 is 82.7 Å². The van der Waals surface area contributed by atoms with Crippen LogP contribution in [0, 0.1) is 11.8 Å². The van der Waals surface area contributed by atoms with Gasteiger partial charge in [-0.2, -0.15) is 0 Å². The van der Waals surface area contributed by atoms with Crippen LogP contribution in [0.5, 0.6) is 0 Å². The van der Waals surface area contributed by atoms with Gasteiger partial charge in [0.15, 0.2) is 34.3 Å². The van der Waals surface area contributed by atoms with Crippen LogP contribution in [0.25, 0.3) is 0 Å². The van der Waals surface area contributed by atoms with E-state index in [4.69, 9.17) is 0 Å². The summed E-state index contributed by atoms with van der Waals surface area (Å²) in [6.07, 6.45) is -2.37. The number of aliphatic hydroxyl groups is 3. The number of Topliss-reactive ketones (excluding diaryl/α,β-unsaturated/α-hetero) is 5. The highest BCUT2D eigenvalue weighted by Gasteiger charge is 2.61. The number of carboxylic acids is 1. The number of likely N-dealkylation sites (N-methyl/N-ethyl adjacent to an activating group) is 3. The molecule has 0 aromatic rings. The highest BCUT2D eigenvalue weighted by molar-refractivity contribution is 6.25. The maximum absolute atomic E-state index is 13.6. The van der Waals surface area contributed by atoms with Crippen molar-refractivity contribution in [3.8, 4) is 0 Å². The topological polar surface area (TPSA) is 219 Å². The SMILES string of the molecule is CCC(C)[C@H](NC)C(=O)CC(O)(C(=O)O)C(=O)C(O)(CC(=O)C(C)(O)C(=O)[C@@H](NC)C(C)C)C(=O)[C@@H](C)NC. The van der Waals surface area contributed by atoms with Crippen LogP contribution in [0.4, 0.5) is 0 Å². The van der Waals surface area contributed by atoms with Crippen LogP contribution >= 0.6 is 0 Å². The number of carboxylic acid groups (broad SMARTS) is 1. The van der Waals surface area contributed by atoms with Crippen molar-refractivity contribution in [1.82, 2.24) is 16.0 Å². The van der Waals surface area contributed by atoms with Crippen LogP contribution in [0.3, 0.4) is 0 Å². The fraction of sp³-hybridized carbons (Fsp3) is 0.769. The minimum absolute atomic E-state index is 0.329. The van der Waals surface area contributed by atoms with Gasteiger partial charge in [-0.05, 0) is 46.8 Å². The molecule has 0 bridgehead atoms. The van der Waals surface area contributed by atoms with Gasteiger partial charge in [-0.1, -0.05) is 34.1 Å². The maximum Gasteiger partial charge on any atom is 0.344 e. The number of hydrogen-bond acceptors (Lipinski definition) is 12. The van der Waals surface area contributed by atoms with Crippen molar-refractivity contribution < 1.29 is 49.2 Å². The third kappa shape index (κ3) is 7.83. The summed E-state index contributed by atoms with van der Waals surface area (Å²) < 4.78 is 0. The van der Waals surface area contributed by atoms with Gasteiger partial charge in [-0.3, -0.25) is 24.0 Å². The Bertz CT molecular complexity index is 950. The van der Waals surface area contributed by atoms with Crippen LogP contribution in [0.1, 0.15) is 60.8 Å². The molecule has 0 heterocycles. The number of nitrogens with one attached hydrogen (secondary N) is 3. The summed E-state index contributed by atoms with van der Waals surface area (Å²) in [5.74, 6) is -9.74. The Morgan fingerprint density at radius 1 is 0.744 bits per heavy atom. The van der Waals surface area contributed by atoms with Crippen molar-refractivity contribution in [2.45, 2.75) is 95.7 Å².